The number of rotatable bonds is 5. The smallest absolute Gasteiger partial charge is 0.382 e. The summed E-state index contributed by atoms with van der Waals surface area (Å²) in [5.74, 6) is -8.34. The topological polar surface area (TPSA) is 166 Å². The van der Waals surface area contributed by atoms with Crippen LogP contribution in [0.4, 0.5) is 33.5 Å². The minimum atomic E-state index is -4.94. The Morgan fingerprint density at radius 3 is 2.39 bits per heavy atom. The van der Waals surface area contributed by atoms with Crippen LogP contribution in [-0.4, -0.2) is 40.7 Å². The average molecular weight is 560 g/mol. The van der Waals surface area contributed by atoms with E-state index in [1.54, 1.807) is 0 Å². The predicted octanol–water partition coefficient (Wildman–Crippen LogP) is 2.69. The largest absolute Gasteiger partial charge is 0.416 e. The third-order valence-electron chi connectivity index (χ3n) is 5.25. The van der Waals surface area contributed by atoms with Gasteiger partial charge in [-0.2, -0.15) is 13.2 Å². The van der Waals surface area contributed by atoms with Gasteiger partial charge < -0.3 is 31.5 Å². The van der Waals surface area contributed by atoms with E-state index in [-0.39, 0.29) is 39.5 Å². The first kappa shape index (κ1) is 27.2. The van der Waals surface area contributed by atoms with Crippen molar-refractivity contribution in [2.75, 3.05) is 11.1 Å². The second-order valence-corrected chi connectivity index (χ2v) is 8.31. The lowest BCUT2D eigenvalue weighted by Gasteiger charge is -2.15. The number of alkyl halides is 3. The van der Waals surface area contributed by atoms with Crippen LogP contribution in [0.15, 0.2) is 42.6 Å². The maximum absolute atomic E-state index is 15.1. The Hall–Kier alpha value is -3.89. The number of anilines is 2. The number of carbonyl (C=O) groups excluding carboxylic acids is 1. The number of hydrogen-bond acceptors (Lipinski definition) is 8. The van der Waals surface area contributed by atoms with Gasteiger partial charge in [-0.05, 0) is 42.0 Å². The summed E-state index contributed by atoms with van der Waals surface area (Å²) in [5.41, 5.74) is 2.58. The molecule has 1 amide bonds. The Kier molecular flexibility index (Phi) is 6.75. The summed E-state index contributed by atoms with van der Waals surface area (Å²) in [6.07, 6.45) is -6.16. The van der Waals surface area contributed by atoms with Gasteiger partial charge in [-0.15, -0.1) is 0 Å². The summed E-state index contributed by atoms with van der Waals surface area (Å²) in [7, 11) is 0. The molecular formula is C22H15ClF5N5O5. The number of nitrogens with one attached hydrogen (secondary N) is 1. The van der Waals surface area contributed by atoms with Crippen LogP contribution in [0, 0.1) is 11.6 Å². The highest BCUT2D eigenvalue weighted by Gasteiger charge is 2.34. The molecule has 2 aromatic carbocycles. The monoisotopic (exact) mass is 559 g/mol. The number of amides is 1. The molecule has 4 rings (SSSR count). The Bertz CT molecular complexity index is 1570. The van der Waals surface area contributed by atoms with Crippen LogP contribution in [0.25, 0.3) is 16.8 Å². The van der Waals surface area contributed by atoms with Crippen LogP contribution in [-0.2, 0) is 16.9 Å². The van der Waals surface area contributed by atoms with Crippen LogP contribution in [0.2, 0.25) is 5.15 Å². The molecule has 10 nitrogen and oxygen atoms in total. The summed E-state index contributed by atoms with van der Waals surface area (Å²) < 4.78 is 68.4. The second kappa shape index (κ2) is 9.45. The summed E-state index contributed by atoms with van der Waals surface area (Å²) in [6, 6.07) is 4.04. The molecular weight excluding hydrogens is 545 g/mol. The van der Waals surface area contributed by atoms with E-state index in [0.717, 1.165) is 28.8 Å². The maximum Gasteiger partial charge on any atom is 0.416 e. The lowest BCUT2D eigenvalue weighted by Crippen LogP contribution is -2.27. The maximum atomic E-state index is 15.1. The number of fused-ring (bicyclic) bond motifs is 1. The predicted molar refractivity (Wildman–Crippen MR) is 121 cm³/mol. The van der Waals surface area contributed by atoms with Crippen LogP contribution >= 0.6 is 11.6 Å². The molecule has 1 atom stereocenters. The number of aliphatic hydroxyl groups is 4. The third kappa shape index (κ3) is 5.09. The van der Waals surface area contributed by atoms with Gasteiger partial charge in [0, 0.05) is 11.3 Å². The zero-order chi connectivity index (χ0) is 28.2. The van der Waals surface area contributed by atoms with E-state index in [2.05, 4.69) is 15.3 Å². The van der Waals surface area contributed by atoms with E-state index in [4.69, 9.17) is 17.3 Å². The van der Waals surface area contributed by atoms with Crippen molar-refractivity contribution in [3.63, 3.8) is 0 Å². The van der Waals surface area contributed by atoms with Gasteiger partial charge in [-0.3, -0.25) is 9.20 Å². The van der Waals surface area contributed by atoms with Gasteiger partial charge in [-0.25, -0.2) is 18.7 Å². The van der Waals surface area contributed by atoms with E-state index < -0.39 is 52.7 Å². The minimum absolute atomic E-state index is 0.192. The molecule has 2 aromatic heterocycles. The quantitative estimate of drug-likeness (QED) is 0.160. The van der Waals surface area contributed by atoms with E-state index in [1.807, 2.05) is 0 Å². The second-order valence-electron chi connectivity index (χ2n) is 7.93. The van der Waals surface area contributed by atoms with Gasteiger partial charge in [0.05, 0.1) is 11.8 Å². The number of nitrogen functional groups attached to an aromatic ring is 1. The van der Waals surface area contributed by atoms with Crippen LogP contribution in [0.3, 0.4) is 0 Å². The molecule has 0 aliphatic heterocycles. The summed E-state index contributed by atoms with van der Waals surface area (Å²) in [6.45, 7) is 0. The molecule has 0 fully saturated rings. The highest BCUT2D eigenvalue weighted by atomic mass is 35.5. The molecule has 0 bridgehead atoms. The molecule has 2 heterocycles. The van der Waals surface area contributed by atoms with Crippen LogP contribution in [0.1, 0.15) is 23.1 Å². The molecule has 0 aliphatic carbocycles. The van der Waals surface area contributed by atoms with Crippen molar-refractivity contribution in [1.29, 1.82) is 0 Å². The van der Waals surface area contributed by atoms with Crippen LogP contribution in [0.5, 0.6) is 0 Å². The zero-order valence-electron chi connectivity index (χ0n) is 18.5. The van der Waals surface area contributed by atoms with Gasteiger partial charge in [0.2, 0.25) is 5.82 Å². The lowest BCUT2D eigenvalue weighted by molar-refractivity contribution is -0.329. The number of aliphatic hydroxyl groups excluding tert-OH is 1. The Balaban J connectivity index is 1.68. The molecule has 0 radical (unpaired) electrons. The molecule has 200 valence electrons. The van der Waals surface area contributed by atoms with E-state index in [1.165, 1.54) is 0 Å². The molecule has 7 N–H and O–H groups in total. The normalized spacial score (nSPS) is 13.1. The SMILES string of the molecule is Nc1ncc(Cl)n2c(C(O)(O)O)nc(-c3ccc(NC(=O)C(O)c4cc(F)cc(C(F)(F)F)c4)cc3F)c12. The molecule has 38 heavy (non-hydrogen) atoms. The molecule has 4 aromatic rings. The van der Waals surface area contributed by atoms with Gasteiger partial charge in [0.15, 0.2) is 6.10 Å². The molecule has 0 saturated carbocycles. The van der Waals surface area contributed by atoms with Gasteiger partial charge >= 0.3 is 12.1 Å². The molecule has 0 spiro atoms. The van der Waals surface area contributed by atoms with Gasteiger partial charge in [0.25, 0.3) is 5.91 Å². The molecule has 0 saturated heterocycles. The number of benzene rings is 2. The number of hydrogen-bond donors (Lipinski definition) is 6. The zero-order valence-corrected chi connectivity index (χ0v) is 19.3. The first-order valence-electron chi connectivity index (χ1n) is 10.2. The highest BCUT2D eigenvalue weighted by Crippen LogP contribution is 2.35. The van der Waals surface area contributed by atoms with Crippen molar-refractivity contribution in [2.24, 2.45) is 0 Å². The van der Waals surface area contributed by atoms with Gasteiger partial charge in [0.1, 0.15) is 33.8 Å². The summed E-state index contributed by atoms with van der Waals surface area (Å²) >= 11 is 6.01. The fraction of sp³-hybridized carbons (Fsp3) is 0.136. The first-order valence-corrected chi connectivity index (χ1v) is 10.6. The average Bonchev–Trinajstić information content (AvgIpc) is 3.22. The van der Waals surface area contributed by atoms with Crippen molar-refractivity contribution in [2.45, 2.75) is 18.3 Å². The van der Waals surface area contributed by atoms with E-state index in [0.29, 0.717) is 12.1 Å². The lowest BCUT2D eigenvalue weighted by atomic mass is 10.0. The van der Waals surface area contributed by atoms with E-state index >= 15 is 4.39 Å². The van der Waals surface area contributed by atoms with Crippen molar-refractivity contribution < 1.29 is 47.2 Å². The fourth-order valence-corrected chi connectivity index (χ4v) is 3.81. The summed E-state index contributed by atoms with van der Waals surface area (Å²) in [4.78, 5) is 20.0. The molecule has 0 aliphatic rings. The van der Waals surface area contributed by atoms with Crippen molar-refractivity contribution in [1.82, 2.24) is 14.4 Å². The number of halogens is 6. The third-order valence-corrected chi connectivity index (χ3v) is 5.51. The van der Waals surface area contributed by atoms with Crippen LogP contribution < -0.4 is 11.1 Å². The Morgan fingerprint density at radius 2 is 1.79 bits per heavy atom. The minimum Gasteiger partial charge on any atom is -0.382 e. The molecule has 16 heteroatoms. The number of nitrogens with zero attached hydrogens (tertiary/aromatic N) is 3. The number of nitrogens with two attached hydrogens (primary N) is 1. The Labute approximate surface area is 213 Å². The fourth-order valence-electron chi connectivity index (χ4n) is 3.60. The number of aromatic nitrogens is 3. The Morgan fingerprint density at radius 1 is 1.11 bits per heavy atom. The molecule has 1 unspecified atom stereocenters. The van der Waals surface area contributed by atoms with Crippen molar-refractivity contribution >= 4 is 34.5 Å². The van der Waals surface area contributed by atoms with Crippen molar-refractivity contribution in [3.8, 4) is 11.3 Å². The van der Waals surface area contributed by atoms with E-state index in [9.17, 15) is 42.8 Å². The first-order chi connectivity index (χ1) is 17.6. The standard InChI is InChI=1S/C22H15ClF5N5O5/c23-14-7-30-18(29)16-15(32-20(33(14)16)22(36,37)38)12-2-1-11(6-13(12)25)31-19(35)17(34)8-3-9(21(26,27)28)5-10(24)4-8/h1-7,17,34,36-38H,(H2,29,30)(H,31,35). The number of carbonyl (C=O) groups is 1. The van der Waals surface area contributed by atoms with Gasteiger partial charge in [-0.1, -0.05) is 11.6 Å². The number of imidazole rings is 1. The highest BCUT2D eigenvalue weighted by molar-refractivity contribution is 6.30. The van der Waals surface area contributed by atoms with Crippen molar-refractivity contribution in [3.05, 3.63) is 76.3 Å². The summed E-state index contributed by atoms with van der Waals surface area (Å²) in [5, 5.41) is 41.0.